The molecule has 1 amide bonds. The highest BCUT2D eigenvalue weighted by Gasteiger charge is 2.37. The molecule has 1 heterocycles. The second kappa shape index (κ2) is 9.52. The number of amides is 1. The number of nitrogens with zero attached hydrogens (tertiary/aromatic N) is 1. The Bertz CT molecular complexity index is 1290. The summed E-state index contributed by atoms with van der Waals surface area (Å²) in [7, 11) is 0.533. The van der Waals surface area contributed by atoms with Gasteiger partial charge in [0.25, 0.3) is 15.9 Å². The van der Waals surface area contributed by atoms with Gasteiger partial charge in [-0.1, -0.05) is 12.1 Å². The highest BCUT2D eigenvalue weighted by Crippen LogP contribution is 2.37. The van der Waals surface area contributed by atoms with Gasteiger partial charge < -0.3 is 24.3 Å². The van der Waals surface area contributed by atoms with Crippen LogP contribution in [0.5, 0.6) is 23.0 Å². The number of anilines is 2. The zero-order valence-corrected chi connectivity index (χ0v) is 19.7. The second-order valence-corrected chi connectivity index (χ2v) is 9.21. The number of para-hydroxylation sites is 2. The van der Waals surface area contributed by atoms with E-state index in [0.717, 1.165) is 0 Å². The zero-order chi connectivity index (χ0) is 24.3. The van der Waals surface area contributed by atoms with Gasteiger partial charge in [0.15, 0.2) is 17.6 Å². The molecule has 1 N–H and O–H groups in total. The summed E-state index contributed by atoms with van der Waals surface area (Å²) in [6.07, 6.45) is -1.09. The van der Waals surface area contributed by atoms with Crippen molar-refractivity contribution in [3.8, 4) is 23.0 Å². The van der Waals surface area contributed by atoms with Gasteiger partial charge in [-0.2, -0.15) is 0 Å². The summed E-state index contributed by atoms with van der Waals surface area (Å²) in [6.45, 7) is -0.204. The Morgan fingerprint density at radius 3 is 2.32 bits per heavy atom. The lowest BCUT2D eigenvalue weighted by Crippen LogP contribution is -2.48. The summed E-state index contributed by atoms with van der Waals surface area (Å²) in [6, 6.07) is 17.7. The molecule has 3 aromatic rings. The molecule has 0 saturated heterocycles. The van der Waals surface area contributed by atoms with Crippen LogP contribution in [0.2, 0.25) is 0 Å². The SMILES string of the molecule is COc1ccc(S(=O)(=O)N2C[C@@H](C(=O)Nc3ccc(OC)c(OC)c3)Oc3ccccc32)cc1. The lowest BCUT2D eigenvalue weighted by molar-refractivity contribution is -0.122. The van der Waals surface area contributed by atoms with Gasteiger partial charge in [-0.05, 0) is 48.5 Å². The molecule has 0 aliphatic carbocycles. The second-order valence-electron chi connectivity index (χ2n) is 7.34. The number of nitrogens with one attached hydrogen (secondary N) is 1. The monoisotopic (exact) mass is 484 g/mol. The smallest absolute Gasteiger partial charge is 0.267 e. The Labute approximate surface area is 197 Å². The molecular formula is C24H24N2O7S. The molecule has 0 saturated carbocycles. The molecule has 0 spiro atoms. The van der Waals surface area contributed by atoms with Gasteiger partial charge in [-0.25, -0.2) is 8.42 Å². The minimum absolute atomic E-state index is 0.0732. The number of carbonyl (C=O) groups excluding carboxylic acids is 1. The van der Waals surface area contributed by atoms with Gasteiger partial charge in [0, 0.05) is 11.8 Å². The Hall–Kier alpha value is -3.92. The number of hydrogen-bond acceptors (Lipinski definition) is 7. The molecule has 0 fully saturated rings. The van der Waals surface area contributed by atoms with Crippen LogP contribution < -0.4 is 28.6 Å². The molecule has 4 rings (SSSR count). The molecule has 34 heavy (non-hydrogen) atoms. The Balaban J connectivity index is 1.63. The molecule has 0 bridgehead atoms. The minimum Gasteiger partial charge on any atom is -0.497 e. The van der Waals surface area contributed by atoms with Crippen LogP contribution in [0.4, 0.5) is 11.4 Å². The van der Waals surface area contributed by atoms with Crippen molar-refractivity contribution >= 4 is 27.3 Å². The number of carbonyl (C=O) groups is 1. The average Bonchev–Trinajstić information content (AvgIpc) is 2.87. The summed E-state index contributed by atoms with van der Waals surface area (Å²) < 4.78 is 49.7. The van der Waals surface area contributed by atoms with E-state index in [2.05, 4.69) is 5.32 Å². The number of methoxy groups -OCH3 is 3. The fourth-order valence-corrected chi connectivity index (χ4v) is 5.05. The first-order valence-electron chi connectivity index (χ1n) is 10.3. The van der Waals surface area contributed by atoms with E-state index in [9.17, 15) is 13.2 Å². The third-order valence-electron chi connectivity index (χ3n) is 5.33. The van der Waals surface area contributed by atoms with Crippen LogP contribution in [0.3, 0.4) is 0 Å². The van der Waals surface area contributed by atoms with E-state index in [4.69, 9.17) is 18.9 Å². The largest absolute Gasteiger partial charge is 0.497 e. The summed E-state index contributed by atoms with van der Waals surface area (Å²) in [5, 5.41) is 2.76. The fraction of sp³-hybridized carbons (Fsp3) is 0.208. The van der Waals surface area contributed by atoms with Gasteiger partial charge in [-0.3, -0.25) is 9.10 Å². The van der Waals surface area contributed by atoms with Crippen LogP contribution >= 0.6 is 0 Å². The quantitative estimate of drug-likeness (QED) is 0.549. The maximum Gasteiger partial charge on any atom is 0.267 e. The van der Waals surface area contributed by atoms with Crippen LogP contribution in [-0.2, 0) is 14.8 Å². The van der Waals surface area contributed by atoms with Gasteiger partial charge in [-0.15, -0.1) is 0 Å². The van der Waals surface area contributed by atoms with Crippen molar-refractivity contribution in [1.82, 2.24) is 0 Å². The first-order chi connectivity index (χ1) is 16.4. The molecule has 1 aliphatic rings. The molecule has 0 unspecified atom stereocenters. The fourth-order valence-electron chi connectivity index (χ4n) is 3.58. The zero-order valence-electron chi connectivity index (χ0n) is 18.8. The Kier molecular flexibility index (Phi) is 6.51. The van der Waals surface area contributed by atoms with Crippen molar-refractivity contribution in [3.05, 3.63) is 66.7 Å². The highest BCUT2D eigenvalue weighted by molar-refractivity contribution is 7.92. The topological polar surface area (TPSA) is 103 Å². The van der Waals surface area contributed by atoms with Crippen LogP contribution in [0, 0.1) is 0 Å². The number of hydrogen-bond donors (Lipinski definition) is 1. The number of ether oxygens (including phenoxy) is 4. The van der Waals surface area contributed by atoms with E-state index < -0.39 is 22.0 Å². The third kappa shape index (κ3) is 4.44. The standard InChI is InChI=1S/C24H24N2O7S/c1-30-17-9-11-18(12-10-17)34(28,29)26-15-23(33-20-7-5-4-6-19(20)26)24(27)25-16-8-13-21(31-2)22(14-16)32-3/h4-14,23H,15H2,1-3H3,(H,25,27)/t23-/m0/s1. The van der Waals surface area contributed by atoms with Crippen LogP contribution in [0.1, 0.15) is 0 Å². The van der Waals surface area contributed by atoms with Crippen molar-refractivity contribution in [1.29, 1.82) is 0 Å². The molecular weight excluding hydrogens is 460 g/mol. The molecule has 1 atom stereocenters. The lowest BCUT2D eigenvalue weighted by Gasteiger charge is -2.34. The van der Waals surface area contributed by atoms with E-state index in [1.165, 1.54) is 37.8 Å². The van der Waals surface area contributed by atoms with Crippen LogP contribution in [0.25, 0.3) is 0 Å². The maximum atomic E-state index is 13.5. The molecule has 3 aromatic carbocycles. The molecule has 1 aliphatic heterocycles. The molecule has 0 radical (unpaired) electrons. The van der Waals surface area contributed by atoms with Crippen molar-refractivity contribution in [3.63, 3.8) is 0 Å². The van der Waals surface area contributed by atoms with Crippen molar-refractivity contribution < 1.29 is 32.2 Å². The third-order valence-corrected chi connectivity index (χ3v) is 7.12. The molecule has 178 valence electrons. The average molecular weight is 485 g/mol. The van der Waals surface area contributed by atoms with Crippen molar-refractivity contribution in [2.45, 2.75) is 11.0 Å². The predicted octanol–water partition coefficient (Wildman–Crippen LogP) is 3.31. The molecule has 9 nitrogen and oxygen atoms in total. The number of benzene rings is 3. The number of fused-ring (bicyclic) bond motifs is 1. The minimum atomic E-state index is -3.98. The van der Waals surface area contributed by atoms with E-state index in [-0.39, 0.29) is 11.4 Å². The maximum absolute atomic E-state index is 13.5. The number of rotatable bonds is 7. The van der Waals surface area contributed by atoms with Crippen LogP contribution in [0.15, 0.2) is 71.6 Å². The number of sulfonamides is 1. The van der Waals surface area contributed by atoms with E-state index in [0.29, 0.717) is 34.4 Å². The van der Waals surface area contributed by atoms with Crippen molar-refractivity contribution in [2.75, 3.05) is 37.5 Å². The Morgan fingerprint density at radius 1 is 0.941 bits per heavy atom. The first kappa shape index (κ1) is 23.2. The first-order valence-corrected chi connectivity index (χ1v) is 11.8. The Morgan fingerprint density at radius 2 is 1.65 bits per heavy atom. The van der Waals surface area contributed by atoms with E-state index in [1.54, 1.807) is 54.6 Å². The van der Waals surface area contributed by atoms with Crippen molar-refractivity contribution in [2.24, 2.45) is 0 Å². The normalized spacial score (nSPS) is 15.0. The highest BCUT2D eigenvalue weighted by atomic mass is 32.2. The van der Waals surface area contributed by atoms with Gasteiger partial charge in [0.2, 0.25) is 0 Å². The molecule has 0 aromatic heterocycles. The summed E-state index contributed by atoms with van der Waals surface area (Å²) in [5.74, 6) is 1.28. The summed E-state index contributed by atoms with van der Waals surface area (Å²) in [5.41, 5.74) is 0.808. The predicted molar refractivity (Wildman–Crippen MR) is 127 cm³/mol. The van der Waals surface area contributed by atoms with Gasteiger partial charge in [0.1, 0.15) is 11.5 Å². The molecule has 10 heteroatoms. The summed E-state index contributed by atoms with van der Waals surface area (Å²) in [4.78, 5) is 13.2. The van der Waals surface area contributed by atoms with E-state index >= 15 is 0 Å². The van der Waals surface area contributed by atoms with Gasteiger partial charge in [0.05, 0.1) is 38.5 Å². The van der Waals surface area contributed by atoms with E-state index in [1.807, 2.05) is 0 Å². The summed E-state index contributed by atoms with van der Waals surface area (Å²) >= 11 is 0. The lowest BCUT2D eigenvalue weighted by atomic mass is 10.2. The van der Waals surface area contributed by atoms with Crippen LogP contribution in [-0.4, -0.2) is 48.3 Å². The van der Waals surface area contributed by atoms with Gasteiger partial charge >= 0.3 is 0 Å².